The molecule has 0 atom stereocenters. The van der Waals surface area contributed by atoms with Gasteiger partial charge in [-0.1, -0.05) is 28.1 Å². The molecule has 0 aliphatic carbocycles. The lowest BCUT2D eigenvalue weighted by Gasteiger charge is -2.03. The fourth-order valence-corrected chi connectivity index (χ4v) is 1.66. The minimum atomic E-state index is 0.411. The van der Waals surface area contributed by atoms with Gasteiger partial charge >= 0.3 is 0 Å². The van der Waals surface area contributed by atoms with Gasteiger partial charge in [-0.25, -0.2) is 0 Å². The minimum Gasteiger partial charge on any atom is -0.270 e. The number of halogens is 1. The van der Waals surface area contributed by atoms with Crippen LogP contribution in [-0.4, -0.2) is 9.78 Å². The quantitative estimate of drug-likeness (QED) is 0.805. The second kappa shape index (κ2) is 4.19. The van der Waals surface area contributed by atoms with Crippen LogP contribution in [0.25, 0.3) is 11.3 Å². The van der Waals surface area contributed by atoms with Crippen LogP contribution in [0.3, 0.4) is 0 Å². The Balaban J connectivity index is 2.33. The van der Waals surface area contributed by atoms with Crippen LogP contribution in [0.1, 0.15) is 19.9 Å². The lowest BCUT2D eigenvalue weighted by Crippen LogP contribution is -2.00. The first kappa shape index (κ1) is 10.4. The van der Waals surface area contributed by atoms with Crippen molar-refractivity contribution in [2.45, 2.75) is 19.9 Å². The highest BCUT2D eigenvalue weighted by Crippen LogP contribution is 2.20. The highest BCUT2D eigenvalue weighted by molar-refractivity contribution is 9.10. The van der Waals surface area contributed by atoms with Crippen LogP contribution in [-0.2, 0) is 0 Å². The van der Waals surface area contributed by atoms with E-state index in [9.17, 15) is 0 Å². The fraction of sp³-hybridized carbons (Fsp3) is 0.250. The maximum absolute atomic E-state index is 4.51. The molecule has 0 spiro atoms. The van der Waals surface area contributed by atoms with E-state index in [1.807, 2.05) is 29.1 Å². The minimum absolute atomic E-state index is 0.411. The third-order valence-electron chi connectivity index (χ3n) is 2.28. The van der Waals surface area contributed by atoms with Crippen LogP contribution in [0.15, 0.2) is 41.0 Å². The molecule has 0 bridgehead atoms. The Labute approximate surface area is 98.1 Å². The van der Waals surface area contributed by atoms with E-state index in [-0.39, 0.29) is 0 Å². The molecule has 1 heterocycles. The molecule has 0 amide bonds. The number of benzene rings is 1. The van der Waals surface area contributed by atoms with Crippen LogP contribution in [0, 0.1) is 0 Å². The van der Waals surface area contributed by atoms with E-state index in [0.717, 1.165) is 15.7 Å². The van der Waals surface area contributed by atoms with Crippen molar-refractivity contribution in [3.8, 4) is 11.3 Å². The first-order valence-electron chi connectivity index (χ1n) is 4.98. The van der Waals surface area contributed by atoms with E-state index in [1.165, 1.54) is 0 Å². The summed E-state index contributed by atoms with van der Waals surface area (Å²) >= 11 is 3.42. The summed E-state index contributed by atoms with van der Waals surface area (Å²) in [4.78, 5) is 0. The molecular weight excluding hydrogens is 252 g/mol. The van der Waals surface area contributed by atoms with Gasteiger partial charge in [-0.15, -0.1) is 0 Å². The van der Waals surface area contributed by atoms with E-state index in [2.05, 4.69) is 47.0 Å². The summed E-state index contributed by atoms with van der Waals surface area (Å²) in [6.07, 6.45) is 2.02. The van der Waals surface area contributed by atoms with E-state index in [1.54, 1.807) is 0 Å². The summed E-state index contributed by atoms with van der Waals surface area (Å²) in [5.74, 6) is 0. The Hall–Kier alpha value is -1.09. The topological polar surface area (TPSA) is 17.8 Å². The van der Waals surface area contributed by atoms with E-state index in [4.69, 9.17) is 0 Å². The third-order valence-corrected chi connectivity index (χ3v) is 2.81. The van der Waals surface area contributed by atoms with Gasteiger partial charge in [-0.3, -0.25) is 4.68 Å². The van der Waals surface area contributed by atoms with Crippen molar-refractivity contribution >= 4 is 15.9 Å². The van der Waals surface area contributed by atoms with Gasteiger partial charge in [-0.05, 0) is 32.0 Å². The molecule has 0 aliphatic rings. The molecule has 1 aromatic carbocycles. The van der Waals surface area contributed by atoms with Gasteiger partial charge in [0, 0.05) is 22.3 Å². The van der Waals surface area contributed by atoms with Gasteiger partial charge < -0.3 is 0 Å². The summed E-state index contributed by atoms with van der Waals surface area (Å²) in [6.45, 7) is 4.25. The zero-order chi connectivity index (χ0) is 10.8. The predicted molar refractivity (Wildman–Crippen MR) is 65.7 cm³/mol. The van der Waals surface area contributed by atoms with Crippen molar-refractivity contribution in [2.24, 2.45) is 0 Å². The van der Waals surface area contributed by atoms with Crippen LogP contribution in [0.2, 0.25) is 0 Å². The fourth-order valence-electron chi connectivity index (χ4n) is 1.40. The Bertz CT molecular complexity index is 443. The highest BCUT2D eigenvalue weighted by atomic mass is 79.9. The molecule has 1 aromatic heterocycles. The zero-order valence-electron chi connectivity index (χ0n) is 8.81. The molecule has 3 heteroatoms. The predicted octanol–water partition coefficient (Wildman–Crippen LogP) is 3.89. The maximum atomic E-state index is 4.51. The second-order valence-corrected chi connectivity index (χ2v) is 4.70. The molecule has 0 aliphatic heterocycles. The van der Waals surface area contributed by atoms with Crippen molar-refractivity contribution in [2.75, 3.05) is 0 Å². The number of hydrogen-bond donors (Lipinski definition) is 0. The molecule has 0 saturated heterocycles. The highest BCUT2D eigenvalue weighted by Gasteiger charge is 2.03. The van der Waals surface area contributed by atoms with E-state index in [0.29, 0.717) is 6.04 Å². The number of rotatable bonds is 2. The summed E-state index contributed by atoms with van der Waals surface area (Å²) in [6, 6.07) is 10.7. The molecular formula is C12H13BrN2. The maximum Gasteiger partial charge on any atom is 0.0923 e. The van der Waals surface area contributed by atoms with Gasteiger partial charge in [-0.2, -0.15) is 5.10 Å². The molecule has 2 nitrogen and oxygen atoms in total. The number of aromatic nitrogens is 2. The van der Waals surface area contributed by atoms with Crippen molar-refractivity contribution < 1.29 is 0 Å². The molecule has 2 rings (SSSR count). The van der Waals surface area contributed by atoms with E-state index >= 15 is 0 Å². The largest absolute Gasteiger partial charge is 0.270 e. The number of hydrogen-bond acceptors (Lipinski definition) is 1. The Kier molecular flexibility index (Phi) is 2.91. The molecule has 0 N–H and O–H groups in total. The van der Waals surface area contributed by atoms with Crippen LogP contribution in [0.4, 0.5) is 0 Å². The first-order valence-corrected chi connectivity index (χ1v) is 5.77. The molecule has 0 fully saturated rings. The summed E-state index contributed by atoms with van der Waals surface area (Å²) in [5, 5.41) is 4.51. The molecule has 0 saturated carbocycles. The van der Waals surface area contributed by atoms with Crippen molar-refractivity contribution in [1.82, 2.24) is 9.78 Å². The third kappa shape index (κ3) is 2.29. The normalized spacial score (nSPS) is 10.9. The monoisotopic (exact) mass is 264 g/mol. The smallest absolute Gasteiger partial charge is 0.0923 e. The van der Waals surface area contributed by atoms with Gasteiger partial charge in [0.25, 0.3) is 0 Å². The standard InChI is InChI=1S/C12H13BrN2/c1-9(2)15-8-7-12(14-15)10-3-5-11(13)6-4-10/h3-9H,1-2H3. The first-order chi connectivity index (χ1) is 7.16. The van der Waals surface area contributed by atoms with Crippen LogP contribution in [0.5, 0.6) is 0 Å². The van der Waals surface area contributed by atoms with Crippen molar-refractivity contribution in [1.29, 1.82) is 0 Å². The van der Waals surface area contributed by atoms with Crippen molar-refractivity contribution in [3.63, 3.8) is 0 Å². The van der Waals surface area contributed by atoms with Crippen LogP contribution < -0.4 is 0 Å². The van der Waals surface area contributed by atoms with Gasteiger partial charge in [0.15, 0.2) is 0 Å². The van der Waals surface area contributed by atoms with Gasteiger partial charge in [0.2, 0.25) is 0 Å². The lowest BCUT2D eigenvalue weighted by molar-refractivity contribution is 0.534. The van der Waals surface area contributed by atoms with Crippen molar-refractivity contribution in [3.05, 3.63) is 41.0 Å². The molecule has 0 unspecified atom stereocenters. The van der Waals surface area contributed by atoms with Crippen LogP contribution >= 0.6 is 15.9 Å². The van der Waals surface area contributed by atoms with E-state index < -0.39 is 0 Å². The average Bonchev–Trinajstić information content (AvgIpc) is 2.68. The SMILES string of the molecule is CC(C)n1ccc(-c2ccc(Br)cc2)n1. The summed E-state index contributed by atoms with van der Waals surface area (Å²) in [7, 11) is 0. The number of nitrogens with zero attached hydrogens (tertiary/aromatic N) is 2. The Morgan fingerprint density at radius 3 is 2.33 bits per heavy atom. The summed E-state index contributed by atoms with van der Waals surface area (Å²) in [5.41, 5.74) is 2.17. The average molecular weight is 265 g/mol. The molecule has 0 radical (unpaired) electrons. The second-order valence-electron chi connectivity index (χ2n) is 3.78. The lowest BCUT2D eigenvalue weighted by atomic mass is 10.2. The molecule has 78 valence electrons. The molecule has 15 heavy (non-hydrogen) atoms. The Morgan fingerprint density at radius 2 is 1.80 bits per heavy atom. The Morgan fingerprint density at radius 1 is 1.13 bits per heavy atom. The molecule has 2 aromatic rings. The summed E-state index contributed by atoms with van der Waals surface area (Å²) < 4.78 is 3.06. The van der Waals surface area contributed by atoms with Gasteiger partial charge in [0.05, 0.1) is 5.69 Å². The van der Waals surface area contributed by atoms with Gasteiger partial charge in [0.1, 0.15) is 0 Å². The zero-order valence-corrected chi connectivity index (χ0v) is 10.4.